The van der Waals surface area contributed by atoms with Gasteiger partial charge in [0.1, 0.15) is 5.82 Å². The topological polar surface area (TPSA) is 29.1 Å². The van der Waals surface area contributed by atoms with Crippen molar-refractivity contribution in [1.82, 2.24) is 0 Å². The Balaban J connectivity index is 2.25. The second-order valence-electron chi connectivity index (χ2n) is 3.71. The highest BCUT2D eigenvalue weighted by atomic mass is 79.9. The molecule has 98 valence electrons. The van der Waals surface area contributed by atoms with Gasteiger partial charge in [-0.1, -0.05) is 23.2 Å². The molecule has 0 saturated heterocycles. The van der Waals surface area contributed by atoms with Crippen LogP contribution in [0, 0.1) is 5.82 Å². The second-order valence-corrected chi connectivity index (χ2v) is 5.41. The number of nitrogens with one attached hydrogen (secondary N) is 1. The highest BCUT2D eigenvalue weighted by molar-refractivity contribution is 9.10. The van der Waals surface area contributed by atoms with E-state index in [9.17, 15) is 9.18 Å². The minimum atomic E-state index is -0.634. The zero-order valence-corrected chi connectivity index (χ0v) is 12.5. The Labute approximate surface area is 127 Å². The Morgan fingerprint density at radius 1 is 1.16 bits per heavy atom. The van der Waals surface area contributed by atoms with Gasteiger partial charge < -0.3 is 5.32 Å². The van der Waals surface area contributed by atoms with E-state index >= 15 is 0 Å². The van der Waals surface area contributed by atoms with E-state index in [2.05, 4.69) is 21.2 Å². The molecule has 0 aliphatic carbocycles. The average Bonchev–Trinajstić information content (AvgIpc) is 2.36. The minimum Gasteiger partial charge on any atom is -0.322 e. The van der Waals surface area contributed by atoms with Crippen molar-refractivity contribution >= 4 is 50.7 Å². The third-order valence-corrected chi connectivity index (χ3v) is 3.82. The number of carbonyl (C=O) groups is 1. The number of hydrogen-bond acceptors (Lipinski definition) is 1. The van der Waals surface area contributed by atoms with E-state index in [0.717, 1.165) is 6.07 Å². The molecule has 0 fully saturated rings. The van der Waals surface area contributed by atoms with Crippen LogP contribution in [0.25, 0.3) is 0 Å². The minimum absolute atomic E-state index is 0.119. The smallest absolute Gasteiger partial charge is 0.258 e. The summed E-state index contributed by atoms with van der Waals surface area (Å²) in [7, 11) is 0. The first-order valence-electron chi connectivity index (χ1n) is 5.19. The standard InChI is InChI=1S/C13H7BrCl2FNO/c14-10-3-2-8(6-11(10)16)18-13(19)9-5-7(15)1-4-12(9)17/h1-6H,(H,18,19). The van der Waals surface area contributed by atoms with Crippen molar-refractivity contribution in [3.63, 3.8) is 0 Å². The third kappa shape index (κ3) is 3.47. The molecule has 2 rings (SSSR count). The second kappa shape index (κ2) is 5.90. The number of rotatable bonds is 2. The molecule has 0 unspecified atom stereocenters. The Kier molecular flexibility index (Phi) is 4.45. The van der Waals surface area contributed by atoms with Crippen molar-refractivity contribution in [2.45, 2.75) is 0 Å². The zero-order chi connectivity index (χ0) is 14.0. The molecule has 1 N–H and O–H groups in total. The highest BCUT2D eigenvalue weighted by Gasteiger charge is 2.13. The molecular formula is C13H7BrCl2FNO. The fraction of sp³-hybridized carbons (Fsp3) is 0. The number of halogens is 4. The summed E-state index contributed by atoms with van der Waals surface area (Å²) in [5, 5.41) is 3.29. The normalized spacial score (nSPS) is 10.3. The number of anilines is 1. The van der Waals surface area contributed by atoms with Crippen LogP contribution in [0.15, 0.2) is 40.9 Å². The van der Waals surface area contributed by atoms with Crippen LogP contribution in [0.1, 0.15) is 10.4 Å². The van der Waals surface area contributed by atoms with Crippen molar-refractivity contribution in [3.05, 3.63) is 62.3 Å². The highest BCUT2D eigenvalue weighted by Crippen LogP contribution is 2.26. The molecular weight excluding hydrogens is 356 g/mol. The lowest BCUT2D eigenvalue weighted by Gasteiger charge is -2.07. The Bertz CT molecular complexity index is 649. The third-order valence-electron chi connectivity index (χ3n) is 2.35. The maximum Gasteiger partial charge on any atom is 0.258 e. The summed E-state index contributed by atoms with van der Waals surface area (Å²) < 4.78 is 14.2. The summed E-state index contributed by atoms with van der Waals surface area (Å²) in [6.45, 7) is 0. The van der Waals surface area contributed by atoms with Gasteiger partial charge in [0.25, 0.3) is 5.91 Å². The van der Waals surface area contributed by atoms with Crippen molar-refractivity contribution < 1.29 is 9.18 Å². The van der Waals surface area contributed by atoms with Gasteiger partial charge in [-0.2, -0.15) is 0 Å². The molecule has 19 heavy (non-hydrogen) atoms. The molecule has 0 spiro atoms. The predicted octanol–water partition coefficient (Wildman–Crippen LogP) is 5.15. The SMILES string of the molecule is O=C(Nc1ccc(Br)c(Cl)c1)c1cc(Cl)ccc1F. The van der Waals surface area contributed by atoms with Crippen LogP contribution in [0.3, 0.4) is 0 Å². The Morgan fingerprint density at radius 3 is 2.58 bits per heavy atom. The molecule has 0 atom stereocenters. The molecule has 0 heterocycles. The van der Waals surface area contributed by atoms with Gasteiger partial charge >= 0.3 is 0 Å². The molecule has 0 aliphatic rings. The van der Waals surface area contributed by atoms with Crippen LogP contribution in [-0.4, -0.2) is 5.91 Å². The van der Waals surface area contributed by atoms with Gasteiger partial charge in [-0.05, 0) is 52.3 Å². The molecule has 0 radical (unpaired) electrons. The maximum absolute atomic E-state index is 13.5. The van der Waals surface area contributed by atoms with E-state index < -0.39 is 11.7 Å². The summed E-state index contributed by atoms with van der Waals surface area (Å²) in [6, 6.07) is 8.69. The summed E-state index contributed by atoms with van der Waals surface area (Å²) in [5.41, 5.74) is 0.351. The first kappa shape index (κ1) is 14.3. The lowest BCUT2D eigenvalue weighted by molar-refractivity contribution is 0.102. The number of carbonyl (C=O) groups excluding carboxylic acids is 1. The summed E-state index contributed by atoms with van der Waals surface area (Å²) in [4.78, 5) is 11.9. The lowest BCUT2D eigenvalue weighted by Crippen LogP contribution is -2.13. The van der Waals surface area contributed by atoms with Crippen molar-refractivity contribution in [1.29, 1.82) is 0 Å². The molecule has 0 bridgehead atoms. The van der Waals surface area contributed by atoms with Crippen molar-refractivity contribution in [3.8, 4) is 0 Å². The number of hydrogen-bond donors (Lipinski definition) is 1. The first-order chi connectivity index (χ1) is 8.97. The summed E-state index contributed by atoms with van der Waals surface area (Å²) in [6.07, 6.45) is 0. The fourth-order valence-electron chi connectivity index (χ4n) is 1.44. The van der Waals surface area contributed by atoms with E-state index in [1.54, 1.807) is 18.2 Å². The molecule has 1 amide bonds. The Morgan fingerprint density at radius 2 is 1.89 bits per heavy atom. The van der Waals surface area contributed by atoms with Gasteiger partial charge in [0.15, 0.2) is 0 Å². The Hall–Kier alpha value is -1.10. The van der Waals surface area contributed by atoms with E-state index in [1.165, 1.54) is 12.1 Å². The zero-order valence-electron chi connectivity index (χ0n) is 9.38. The van der Waals surface area contributed by atoms with Crippen LogP contribution >= 0.6 is 39.1 Å². The van der Waals surface area contributed by atoms with Gasteiger partial charge in [0.2, 0.25) is 0 Å². The largest absolute Gasteiger partial charge is 0.322 e. The maximum atomic E-state index is 13.5. The molecule has 2 aromatic rings. The van der Waals surface area contributed by atoms with Gasteiger partial charge in [0, 0.05) is 15.2 Å². The van der Waals surface area contributed by atoms with E-state index in [-0.39, 0.29) is 5.56 Å². The molecule has 0 aliphatic heterocycles. The van der Waals surface area contributed by atoms with Crippen LogP contribution in [0.2, 0.25) is 10.0 Å². The first-order valence-corrected chi connectivity index (χ1v) is 6.74. The van der Waals surface area contributed by atoms with Gasteiger partial charge in [-0.15, -0.1) is 0 Å². The lowest BCUT2D eigenvalue weighted by atomic mass is 10.2. The molecule has 0 aromatic heterocycles. The summed E-state index contributed by atoms with van der Waals surface area (Å²) >= 11 is 14.9. The number of benzene rings is 2. The number of amides is 1. The average molecular weight is 363 g/mol. The van der Waals surface area contributed by atoms with Gasteiger partial charge in [-0.3, -0.25) is 4.79 Å². The monoisotopic (exact) mass is 361 g/mol. The molecule has 2 aromatic carbocycles. The van der Waals surface area contributed by atoms with Gasteiger partial charge in [-0.25, -0.2) is 4.39 Å². The van der Waals surface area contributed by atoms with Crippen molar-refractivity contribution in [2.24, 2.45) is 0 Å². The fourth-order valence-corrected chi connectivity index (χ4v) is 2.04. The quantitative estimate of drug-likeness (QED) is 0.786. The molecule has 6 heteroatoms. The van der Waals surface area contributed by atoms with Crippen LogP contribution in [0.4, 0.5) is 10.1 Å². The van der Waals surface area contributed by atoms with Crippen LogP contribution in [-0.2, 0) is 0 Å². The van der Waals surface area contributed by atoms with Crippen molar-refractivity contribution in [2.75, 3.05) is 5.32 Å². The molecule has 0 saturated carbocycles. The van der Waals surface area contributed by atoms with E-state index in [1.807, 2.05) is 0 Å². The van der Waals surface area contributed by atoms with Crippen LogP contribution in [0.5, 0.6) is 0 Å². The van der Waals surface area contributed by atoms with E-state index in [0.29, 0.717) is 20.2 Å². The van der Waals surface area contributed by atoms with Crippen LogP contribution < -0.4 is 5.32 Å². The molecule has 2 nitrogen and oxygen atoms in total. The van der Waals surface area contributed by atoms with Gasteiger partial charge in [0.05, 0.1) is 10.6 Å². The summed E-state index contributed by atoms with van der Waals surface area (Å²) in [5.74, 6) is -1.22. The van der Waals surface area contributed by atoms with E-state index in [4.69, 9.17) is 23.2 Å². The predicted molar refractivity (Wildman–Crippen MR) is 78.5 cm³/mol.